The van der Waals surface area contributed by atoms with Crippen molar-refractivity contribution in [2.24, 2.45) is 0 Å². The van der Waals surface area contributed by atoms with Gasteiger partial charge in [-0.2, -0.15) is 0 Å². The topological polar surface area (TPSA) is 20.2 Å². The molecule has 3 heteroatoms. The van der Waals surface area contributed by atoms with Gasteiger partial charge in [-0.3, -0.25) is 0 Å². The lowest BCUT2D eigenvalue weighted by molar-refractivity contribution is 0.474. The van der Waals surface area contributed by atoms with Gasteiger partial charge >= 0.3 is 0 Å². The molecule has 1 N–H and O–H groups in total. The number of hydrogen-bond acceptors (Lipinski definition) is 1. The predicted octanol–water partition coefficient (Wildman–Crippen LogP) is 6.73. The van der Waals surface area contributed by atoms with Crippen LogP contribution >= 0.6 is 23.2 Å². The molecule has 1 nitrogen and oxygen atoms in total. The molecule has 0 radical (unpaired) electrons. The summed E-state index contributed by atoms with van der Waals surface area (Å²) in [5, 5.41) is 10.4. The van der Waals surface area contributed by atoms with Crippen LogP contribution in [0.4, 0.5) is 0 Å². The van der Waals surface area contributed by atoms with E-state index in [1.807, 2.05) is 24.3 Å². The van der Waals surface area contributed by atoms with E-state index in [1.165, 1.54) is 11.1 Å². The van der Waals surface area contributed by atoms with Crippen LogP contribution in [0, 0.1) is 0 Å². The Kier molecular flexibility index (Phi) is 6.80. The van der Waals surface area contributed by atoms with Crippen LogP contribution in [-0.4, -0.2) is 10.5 Å². The van der Waals surface area contributed by atoms with Crippen LogP contribution < -0.4 is 0 Å². The molecule has 0 amide bonds. The Balaban J connectivity index is 2.16. The zero-order valence-electron chi connectivity index (χ0n) is 13.7. The molecule has 0 saturated heterocycles. The summed E-state index contributed by atoms with van der Waals surface area (Å²) in [5.74, 6) is 1.11. The monoisotopic (exact) mass is 350 g/mol. The lowest BCUT2D eigenvalue weighted by atomic mass is 9.83. The van der Waals surface area contributed by atoms with Crippen LogP contribution in [0.1, 0.15) is 56.1 Å². The van der Waals surface area contributed by atoms with Gasteiger partial charge in [0, 0.05) is 10.4 Å². The van der Waals surface area contributed by atoms with Crippen LogP contribution in [0.3, 0.4) is 0 Å². The first-order chi connectivity index (χ1) is 11.0. The maximum Gasteiger partial charge on any atom is 0.115 e. The second-order valence-electron chi connectivity index (χ2n) is 6.22. The van der Waals surface area contributed by atoms with Crippen molar-refractivity contribution >= 4 is 23.2 Å². The van der Waals surface area contributed by atoms with E-state index in [4.69, 9.17) is 23.2 Å². The van der Waals surface area contributed by atoms with Crippen LogP contribution in [0.15, 0.2) is 48.5 Å². The Morgan fingerprint density at radius 3 is 2.04 bits per heavy atom. The highest BCUT2D eigenvalue weighted by Crippen LogP contribution is 2.35. The number of halogens is 2. The van der Waals surface area contributed by atoms with Gasteiger partial charge in [0.15, 0.2) is 0 Å². The van der Waals surface area contributed by atoms with E-state index in [9.17, 15) is 5.11 Å². The Labute approximate surface area is 149 Å². The molecule has 0 fully saturated rings. The lowest BCUT2D eigenvalue weighted by Gasteiger charge is -2.24. The first kappa shape index (κ1) is 18.2. The highest BCUT2D eigenvalue weighted by molar-refractivity contribution is 6.30. The number of aromatic hydroxyl groups is 1. The summed E-state index contributed by atoms with van der Waals surface area (Å²) in [6.45, 7) is 4.35. The molecule has 23 heavy (non-hydrogen) atoms. The van der Waals surface area contributed by atoms with E-state index < -0.39 is 0 Å². The zero-order valence-corrected chi connectivity index (χ0v) is 15.2. The minimum absolute atomic E-state index is 0.183. The van der Waals surface area contributed by atoms with Crippen LogP contribution in [0.25, 0.3) is 0 Å². The molecule has 124 valence electrons. The van der Waals surface area contributed by atoms with Crippen molar-refractivity contribution in [3.63, 3.8) is 0 Å². The molecule has 0 spiro atoms. The van der Waals surface area contributed by atoms with Crippen molar-refractivity contribution in [1.29, 1.82) is 0 Å². The number of alkyl halides is 1. The Morgan fingerprint density at radius 2 is 1.48 bits per heavy atom. The number of hydrogen-bond donors (Lipinski definition) is 1. The normalized spacial score (nSPS) is 15.1. The molecule has 3 unspecified atom stereocenters. The van der Waals surface area contributed by atoms with Crippen molar-refractivity contribution in [2.75, 3.05) is 0 Å². The summed E-state index contributed by atoms with van der Waals surface area (Å²) in [6.07, 6.45) is 2.96. The highest BCUT2D eigenvalue weighted by Gasteiger charge is 2.19. The first-order valence-corrected chi connectivity index (χ1v) is 8.99. The molecule has 0 aliphatic rings. The summed E-state index contributed by atoms with van der Waals surface area (Å²) in [4.78, 5) is 0. The van der Waals surface area contributed by atoms with E-state index >= 15 is 0 Å². The minimum Gasteiger partial charge on any atom is -0.508 e. The van der Waals surface area contributed by atoms with Crippen molar-refractivity contribution in [3.8, 4) is 5.75 Å². The molecule has 0 aliphatic carbocycles. The maximum atomic E-state index is 9.45. The largest absolute Gasteiger partial charge is 0.508 e. The quantitative estimate of drug-likeness (QED) is 0.548. The summed E-state index contributed by atoms with van der Waals surface area (Å²) < 4.78 is 0. The minimum atomic E-state index is 0.183. The zero-order chi connectivity index (χ0) is 16.8. The highest BCUT2D eigenvalue weighted by atomic mass is 35.5. The Hall–Kier alpha value is -1.18. The van der Waals surface area contributed by atoms with Gasteiger partial charge in [0.05, 0.1) is 0 Å². The molecule has 0 heterocycles. The van der Waals surface area contributed by atoms with Gasteiger partial charge in [0.25, 0.3) is 0 Å². The lowest BCUT2D eigenvalue weighted by Crippen LogP contribution is -2.10. The number of phenolic OH excluding ortho intramolecular Hbond substituents is 1. The van der Waals surface area contributed by atoms with Crippen LogP contribution in [0.5, 0.6) is 5.75 Å². The van der Waals surface area contributed by atoms with Gasteiger partial charge in [-0.1, -0.05) is 49.7 Å². The summed E-state index contributed by atoms with van der Waals surface area (Å²) in [5.41, 5.74) is 2.53. The van der Waals surface area contributed by atoms with Crippen molar-refractivity contribution in [2.45, 2.75) is 50.3 Å². The molecule has 2 aromatic carbocycles. The van der Waals surface area contributed by atoms with Gasteiger partial charge < -0.3 is 5.11 Å². The third-order valence-electron chi connectivity index (χ3n) is 4.42. The average molecular weight is 351 g/mol. The molecule has 0 aromatic heterocycles. The van der Waals surface area contributed by atoms with Crippen LogP contribution in [0.2, 0.25) is 5.02 Å². The fourth-order valence-corrected chi connectivity index (χ4v) is 3.29. The molecule has 0 aliphatic heterocycles. The second-order valence-corrected chi connectivity index (χ2v) is 7.27. The van der Waals surface area contributed by atoms with E-state index in [2.05, 4.69) is 26.0 Å². The van der Waals surface area contributed by atoms with Crippen molar-refractivity contribution in [1.82, 2.24) is 0 Å². The van der Waals surface area contributed by atoms with Gasteiger partial charge in [-0.05, 0) is 66.5 Å². The fraction of sp³-hybridized carbons (Fsp3) is 0.400. The first-order valence-electron chi connectivity index (χ1n) is 8.18. The Bertz CT molecular complexity index is 592. The van der Waals surface area contributed by atoms with Gasteiger partial charge in [0.1, 0.15) is 5.75 Å². The van der Waals surface area contributed by atoms with E-state index in [1.54, 1.807) is 12.1 Å². The SMILES string of the molecule is CCC(Cl)CC(CC(C)c1ccc(O)cc1)c1ccc(Cl)cc1. The standard InChI is InChI=1S/C20H24Cl2O/c1-3-18(21)13-17(16-4-8-19(22)9-5-16)12-14(2)15-6-10-20(23)11-7-15/h4-11,14,17-18,23H,3,12-13H2,1-2H3. The maximum absolute atomic E-state index is 9.45. The summed E-state index contributed by atoms with van der Waals surface area (Å²) in [7, 11) is 0. The molecule has 2 rings (SSSR count). The Morgan fingerprint density at radius 1 is 0.913 bits per heavy atom. The third kappa shape index (κ3) is 5.44. The summed E-state index contributed by atoms with van der Waals surface area (Å²) >= 11 is 12.4. The van der Waals surface area contributed by atoms with Crippen molar-refractivity contribution < 1.29 is 5.11 Å². The van der Waals surface area contributed by atoms with E-state index in [-0.39, 0.29) is 5.38 Å². The van der Waals surface area contributed by atoms with Crippen molar-refractivity contribution in [3.05, 3.63) is 64.7 Å². The molecular formula is C20H24Cl2O. The molecular weight excluding hydrogens is 327 g/mol. The van der Waals surface area contributed by atoms with Gasteiger partial charge in [0.2, 0.25) is 0 Å². The fourth-order valence-electron chi connectivity index (χ4n) is 2.94. The molecule has 0 saturated carbocycles. The third-order valence-corrected chi connectivity index (χ3v) is 5.16. The molecule has 3 atom stereocenters. The number of rotatable bonds is 7. The van der Waals surface area contributed by atoms with E-state index in [0.29, 0.717) is 17.6 Å². The average Bonchev–Trinajstić information content (AvgIpc) is 2.55. The second kappa shape index (κ2) is 8.61. The number of benzene rings is 2. The van der Waals surface area contributed by atoms with Gasteiger partial charge in [-0.15, -0.1) is 11.6 Å². The predicted molar refractivity (Wildman–Crippen MR) is 99.9 cm³/mol. The number of phenols is 1. The van der Waals surface area contributed by atoms with E-state index in [0.717, 1.165) is 24.3 Å². The van der Waals surface area contributed by atoms with Crippen LogP contribution in [-0.2, 0) is 0 Å². The van der Waals surface area contributed by atoms with Gasteiger partial charge in [-0.25, -0.2) is 0 Å². The summed E-state index contributed by atoms with van der Waals surface area (Å²) in [6, 6.07) is 15.6. The smallest absolute Gasteiger partial charge is 0.115 e. The molecule has 2 aromatic rings. The molecule has 0 bridgehead atoms.